The molecule has 0 unspecified atom stereocenters. The van der Waals surface area contributed by atoms with E-state index >= 15 is 0 Å². The Labute approximate surface area is 92.6 Å². The first kappa shape index (κ1) is 12.5. The Morgan fingerprint density at radius 3 is 2.40 bits per heavy atom. The molecule has 0 aromatic rings. The topological polar surface area (TPSA) is 38.3 Å². The van der Waals surface area contributed by atoms with Gasteiger partial charge in [-0.2, -0.15) is 0 Å². The van der Waals surface area contributed by atoms with Crippen LogP contribution in [0.2, 0.25) is 0 Å². The molecular formula is C12H23NO2. The van der Waals surface area contributed by atoms with E-state index in [2.05, 4.69) is 23.9 Å². The molecule has 88 valence electrons. The molecule has 1 aliphatic rings. The van der Waals surface area contributed by atoms with Gasteiger partial charge in [0.25, 0.3) is 0 Å². The summed E-state index contributed by atoms with van der Waals surface area (Å²) in [6.07, 6.45) is 4.96. The average molecular weight is 213 g/mol. The Morgan fingerprint density at radius 2 is 1.93 bits per heavy atom. The number of hydrogen-bond donors (Lipinski definition) is 1. The smallest absolute Gasteiger partial charge is 0.319 e. The second kappa shape index (κ2) is 6.11. The Morgan fingerprint density at radius 1 is 1.33 bits per heavy atom. The lowest BCUT2D eigenvalue weighted by Gasteiger charge is -2.31. The number of esters is 1. The van der Waals surface area contributed by atoms with Crippen LogP contribution in [0.5, 0.6) is 0 Å². The van der Waals surface area contributed by atoms with Crippen molar-refractivity contribution in [1.29, 1.82) is 0 Å². The Bertz CT molecular complexity index is 196. The largest absolute Gasteiger partial charge is 0.468 e. The van der Waals surface area contributed by atoms with Crippen LogP contribution < -0.4 is 5.32 Å². The summed E-state index contributed by atoms with van der Waals surface area (Å²) in [7, 11) is 1.43. The van der Waals surface area contributed by atoms with Crippen LogP contribution in [0, 0.1) is 11.8 Å². The highest BCUT2D eigenvalue weighted by molar-refractivity contribution is 5.71. The molecule has 0 radical (unpaired) electrons. The minimum Gasteiger partial charge on any atom is -0.468 e. The second-order valence-electron chi connectivity index (χ2n) is 4.81. The fraction of sp³-hybridized carbons (Fsp3) is 0.917. The molecule has 3 heteroatoms. The maximum Gasteiger partial charge on any atom is 0.319 e. The molecule has 15 heavy (non-hydrogen) atoms. The maximum atomic E-state index is 10.9. The molecule has 0 aromatic heterocycles. The van der Waals surface area contributed by atoms with Crippen LogP contribution in [0.4, 0.5) is 0 Å². The van der Waals surface area contributed by atoms with Crippen molar-refractivity contribution in [3.05, 3.63) is 0 Å². The van der Waals surface area contributed by atoms with Crippen molar-refractivity contribution in [1.82, 2.24) is 5.32 Å². The number of carbonyl (C=O) groups excluding carboxylic acids is 1. The van der Waals surface area contributed by atoms with Crippen molar-refractivity contribution in [2.75, 3.05) is 13.7 Å². The summed E-state index contributed by atoms with van der Waals surface area (Å²) in [4.78, 5) is 10.9. The molecule has 0 atom stereocenters. The van der Waals surface area contributed by atoms with E-state index in [0.29, 0.717) is 12.6 Å². The summed E-state index contributed by atoms with van der Waals surface area (Å²) >= 11 is 0. The van der Waals surface area contributed by atoms with E-state index in [1.54, 1.807) is 0 Å². The highest BCUT2D eigenvalue weighted by atomic mass is 16.5. The maximum absolute atomic E-state index is 10.9. The van der Waals surface area contributed by atoms with Crippen molar-refractivity contribution in [2.45, 2.75) is 45.6 Å². The van der Waals surface area contributed by atoms with Gasteiger partial charge in [-0.1, -0.05) is 13.8 Å². The Kier molecular flexibility index (Phi) is 5.09. The summed E-state index contributed by atoms with van der Waals surface area (Å²) in [5.41, 5.74) is 0. The molecule has 0 amide bonds. The molecule has 1 fully saturated rings. The third-order valence-corrected chi connectivity index (χ3v) is 3.48. The van der Waals surface area contributed by atoms with Crippen molar-refractivity contribution in [2.24, 2.45) is 11.8 Å². The van der Waals surface area contributed by atoms with Gasteiger partial charge in [-0.3, -0.25) is 4.79 Å². The van der Waals surface area contributed by atoms with Gasteiger partial charge in [0.15, 0.2) is 0 Å². The van der Waals surface area contributed by atoms with Crippen LogP contribution >= 0.6 is 0 Å². The molecule has 1 aliphatic carbocycles. The number of methoxy groups -OCH3 is 1. The molecule has 3 nitrogen and oxygen atoms in total. The lowest BCUT2D eigenvalue weighted by atomic mass is 9.80. The number of ether oxygens (including phenoxy) is 1. The van der Waals surface area contributed by atoms with Crippen LogP contribution in [0.25, 0.3) is 0 Å². The molecular weight excluding hydrogens is 190 g/mol. The third kappa shape index (κ3) is 4.20. The van der Waals surface area contributed by atoms with Gasteiger partial charge in [-0.25, -0.2) is 0 Å². The number of hydrogen-bond acceptors (Lipinski definition) is 3. The van der Waals surface area contributed by atoms with Crippen molar-refractivity contribution >= 4 is 5.97 Å². The lowest BCUT2D eigenvalue weighted by molar-refractivity contribution is -0.139. The van der Waals surface area contributed by atoms with Crippen molar-refractivity contribution in [3.63, 3.8) is 0 Å². The average Bonchev–Trinajstić information content (AvgIpc) is 2.26. The number of carbonyl (C=O) groups is 1. The van der Waals surface area contributed by atoms with Gasteiger partial charge >= 0.3 is 5.97 Å². The molecule has 1 saturated carbocycles. The molecule has 1 N–H and O–H groups in total. The molecule has 0 heterocycles. The van der Waals surface area contributed by atoms with E-state index in [0.717, 1.165) is 11.8 Å². The zero-order valence-electron chi connectivity index (χ0n) is 10.1. The van der Waals surface area contributed by atoms with E-state index in [4.69, 9.17) is 0 Å². The first-order chi connectivity index (χ1) is 7.13. The SMILES string of the molecule is COC(=O)CNC1CCC(C(C)C)CC1. The van der Waals surface area contributed by atoms with E-state index in [1.165, 1.54) is 32.8 Å². The predicted molar refractivity (Wildman–Crippen MR) is 60.6 cm³/mol. The highest BCUT2D eigenvalue weighted by Gasteiger charge is 2.23. The first-order valence-electron chi connectivity index (χ1n) is 5.93. The molecule has 0 bridgehead atoms. The summed E-state index contributed by atoms with van der Waals surface area (Å²) in [6, 6.07) is 0.513. The Balaban J connectivity index is 2.17. The standard InChI is InChI=1S/C12H23NO2/c1-9(2)10-4-6-11(7-5-10)13-8-12(14)15-3/h9-11,13H,4-8H2,1-3H3. The number of rotatable bonds is 4. The summed E-state index contributed by atoms with van der Waals surface area (Å²) in [6.45, 7) is 4.95. The van der Waals surface area contributed by atoms with Gasteiger partial charge < -0.3 is 10.1 Å². The predicted octanol–water partition coefficient (Wildman–Crippen LogP) is 1.96. The molecule has 0 aliphatic heterocycles. The monoisotopic (exact) mass is 213 g/mol. The molecule has 0 saturated heterocycles. The summed E-state index contributed by atoms with van der Waals surface area (Å²) < 4.78 is 4.60. The van der Waals surface area contributed by atoms with Crippen LogP contribution in [-0.2, 0) is 9.53 Å². The minimum atomic E-state index is -0.166. The van der Waals surface area contributed by atoms with Gasteiger partial charge in [0, 0.05) is 6.04 Å². The third-order valence-electron chi connectivity index (χ3n) is 3.48. The van der Waals surface area contributed by atoms with Crippen LogP contribution in [0.3, 0.4) is 0 Å². The first-order valence-corrected chi connectivity index (χ1v) is 5.93. The minimum absolute atomic E-state index is 0.166. The molecule has 1 rings (SSSR count). The Hall–Kier alpha value is -0.570. The molecule has 0 aromatic carbocycles. The fourth-order valence-corrected chi connectivity index (χ4v) is 2.29. The summed E-state index contributed by atoms with van der Waals surface area (Å²) in [5.74, 6) is 1.51. The zero-order chi connectivity index (χ0) is 11.3. The van der Waals surface area contributed by atoms with Gasteiger partial charge in [-0.05, 0) is 37.5 Å². The van der Waals surface area contributed by atoms with Crippen molar-refractivity contribution < 1.29 is 9.53 Å². The van der Waals surface area contributed by atoms with E-state index in [-0.39, 0.29) is 5.97 Å². The van der Waals surface area contributed by atoms with Gasteiger partial charge in [-0.15, -0.1) is 0 Å². The quantitative estimate of drug-likeness (QED) is 0.726. The van der Waals surface area contributed by atoms with E-state index in [1.807, 2.05) is 0 Å². The highest BCUT2D eigenvalue weighted by Crippen LogP contribution is 2.29. The van der Waals surface area contributed by atoms with E-state index in [9.17, 15) is 4.79 Å². The van der Waals surface area contributed by atoms with Gasteiger partial charge in [0.1, 0.15) is 0 Å². The molecule has 0 spiro atoms. The number of nitrogens with one attached hydrogen (secondary N) is 1. The van der Waals surface area contributed by atoms with Crippen LogP contribution in [0.1, 0.15) is 39.5 Å². The van der Waals surface area contributed by atoms with Crippen molar-refractivity contribution in [3.8, 4) is 0 Å². The second-order valence-corrected chi connectivity index (χ2v) is 4.81. The van der Waals surface area contributed by atoms with Gasteiger partial charge in [0.2, 0.25) is 0 Å². The van der Waals surface area contributed by atoms with Crippen LogP contribution in [-0.4, -0.2) is 25.7 Å². The van der Waals surface area contributed by atoms with Gasteiger partial charge in [0.05, 0.1) is 13.7 Å². The summed E-state index contributed by atoms with van der Waals surface area (Å²) in [5, 5.41) is 3.26. The van der Waals surface area contributed by atoms with Crippen LogP contribution in [0.15, 0.2) is 0 Å². The normalized spacial score (nSPS) is 26.7. The fourth-order valence-electron chi connectivity index (χ4n) is 2.29. The lowest BCUT2D eigenvalue weighted by Crippen LogP contribution is -2.37. The zero-order valence-corrected chi connectivity index (χ0v) is 10.1. The van der Waals surface area contributed by atoms with E-state index < -0.39 is 0 Å².